The molecule has 0 saturated heterocycles. The van der Waals surface area contributed by atoms with E-state index in [9.17, 15) is 15.2 Å². The summed E-state index contributed by atoms with van der Waals surface area (Å²) in [6, 6.07) is 9.10. The predicted octanol–water partition coefficient (Wildman–Crippen LogP) is 3.73. The van der Waals surface area contributed by atoms with Gasteiger partial charge in [-0.05, 0) is 36.5 Å². The Morgan fingerprint density at radius 1 is 1.26 bits per heavy atom. The molecule has 0 saturated carbocycles. The zero-order chi connectivity index (χ0) is 16.8. The molecule has 0 radical (unpaired) electrons. The van der Waals surface area contributed by atoms with Gasteiger partial charge in [-0.3, -0.25) is 9.79 Å². The number of carbonyl (C=O) groups is 1. The molecular weight excluding hydrogens is 288 g/mol. The molecule has 1 aliphatic carbocycles. The normalized spacial score (nSPS) is 26.3. The maximum Gasteiger partial charge on any atom is 0.161 e. The molecule has 4 heteroatoms. The highest BCUT2D eigenvalue weighted by Crippen LogP contribution is 2.47. The topological polar surface area (TPSA) is 73.4 Å². The second-order valence-electron chi connectivity index (χ2n) is 7.23. The SMILES string of the molecule is CC1=NC2=C(C(=O)CC(C)(C)C2)[C@@H](c2ccc(O)cc2)C1C#N. The van der Waals surface area contributed by atoms with Crippen molar-refractivity contribution in [3.63, 3.8) is 0 Å². The van der Waals surface area contributed by atoms with Crippen LogP contribution in [0.1, 0.15) is 45.1 Å². The molecular formula is C19H20N2O2. The summed E-state index contributed by atoms with van der Waals surface area (Å²) in [4.78, 5) is 17.4. The first-order valence-electron chi connectivity index (χ1n) is 7.82. The van der Waals surface area contributed by atoms with E-state index >= 15 is 0 Å². The molecule has 1 unspecified atom stereocenters. The highest BCUT2D eigenvalue weighted by molar-refractivity contribution is 6.03. The van der Waals surface area contributed by atoms with Crippen LogP contribution in [0.2, 0.25) is 0 Å². The summed E-state index contributed by atoms with van der Waals surface area (Å²) in [6.45, 7) is 6.01. The Morgan fingerprint density at radius 2 is 1.91 bits per heavy atom. The first-order chi connectivity index (χ1) is 10.8. The van der Waals surface area contributed by atoms with E-state index in [1.165, 1.54) is 0 Å². The van der Waals surface area contributed by atoms with Gasteiger partial charge in [0.2, 0.25) is 0 Å². The summed E-state index contributed by atoms with van der Waals surface area (Å²) in [7, 11) is 0. The first-order valence-corrected chi connectivity index (χ1v) is 7.82. The van der Waals surface area contributed by atoms with Gasteiger partial charge < -0.3 is 5.11 Å². The molecule has 2 aliphatic rings. The van der Waals surface area contributed by atoms with Crippen molar-refractivity contribution in [2.24, 2.45) is 16.3 Å². The van der Waals surface area contributed by atoms with Crippen molar-refractivity contribution in [1.82, 2.24) is 0 Å². The zero-order valence-electron chi connectivity index (χ0n) is 13.6. The molecule has 118 valence electrons. The number of nitriles is 1. The van der Waals surface area contributed by atoms with Crippen LogP contribution >= 0.6 is 0 Å². The Kier molecular flexibility index (Phi) is 3.60. The fourth-order valence-corrected chi connectivity index (χ4v) is 3.65. The van der Waals surface area contributed by atoms with Gasteiger partial charge in [0.05, 0.1) is 12.0 Å². The summed E-state index contributed by atoms with van der Waals surface area (Å²) in [5.41, 5.74) is 3.05. The lowest BCUT2D eigenvalue weighted by atomic mass is 9.67. The van der Waals surface area contributed by atoms with Gasteiger partial charge in [0.15, 0.2) is 5.78 Å². The molecule has 1 N–H and O–H groups in total. The number of benzene rings is 1. The van der Waals surface area contributed by atoms with Gasteiger partial charge in [0, 0.05) is 29.3 Å². The van der Waals surface area contributed by atoms with Crippen molar-refractivity contribution in [3.05, 3.63) is 41.1 Å². The largest absolute Gasteiger partial charge is 0.508 e. The molecule has 4 nitrogen and oxygen atoms in total. The van der Waals surface area contributed by atoms with E-state index < -0.39 is 5.92 Å². The molecule has 0 fully saturated rings. The van der Waals surface area contributed by atoms with Crippen LogP contribution in [-0.2, 0) is 4.79 Å². The summed E-state index contributed by atoms with van der Waals surface area (Å²) in [6.07, 6.45) is 1.23. The molecule has 2 atom stereocenters. The minimum absolute atomic E-state index is 0.0887. The molecule has 1 aliphatic heterocycles. The Hall–Kier alpha value is -2.41. The average molecular weight is 308 g/mol. The number of aromatic hydroxyl groups is 1. The summed E-state index contributed by atoms with van der Waals surface area (Å²) in [5, 5.41) is 19.1. The number of Topliss-reactive ketones (excluding diaryl/α,β-unsaturated/α-hetero) is 1. The molecule has 0 spiro atoms. The summed E-state index contributed by atoms with van der Waals surface area (Å²) >= 11 is 0. The minimum atomic E-state index is -0.441. The fourth-order valence-electron chi connectivity index (χ4n) is 3.65. The third-order valence-corrected chi connectivity index (χ3v) is 4.69. The molecule has 0 bridgehead atoms. The third kappa shape index (κ3) is 2.68. The van der Waals surface area contributed by atoms with Crippen LogP contribution in [0.15, 0.2) is 40.5 Å². The molecule has 1 heterocycles. The van der Waals surface area contributed by atoms with E-state index in [4.69, 9.17) is 0 Å². The average Bonchev–Trinajstić information content (AvgIpc) is 2.45. The number of aliphatic imine (C=N–C) groups is 1. The Balaban J connectivity index is 2.17. The second-order valence-corrected chi connectivity index (χ2v) is 7.23. The lowest BCUT2D eigenvalue weighted by Crippen LogP contribution is -2.35. The number of phenols is 1. The Morgan fingerprint density at radius 3 is 2.52 bits per heavy atom. The summed E-state index contributed by atoms with van der Waals surface area (Å²) in [5.74, 6) is -0.472. The maximum absolute atomic E-state index is 12.8. The second kappa shape index (κ2) is 5.34. The smallest absolute Gasteiger partial charge is 0.161 e. The van der Waals surface area contributed by atoms with E-state index in [0.717, 1.165) is 23.4 Å². The quantitative estimate of drug-likeness (QED) is 0.859. The molecule has 1 aromatic carbocycles. The van der Waals surface area contributed by atoms with Crippen LogP contribution in [0.3, 0.4) is 0 Å². The number of hydrogen-bond acceptors (Lipinski definition) is 4. The van der Waals surface area contributed by atoms with Crippen molar-refractivity contribution in [3.8, 4) is 11.8 Å². The number of carbonyl (C=O) groups excluding carboxylic acids is 1. The third-order valence-electron chi connectivity index (χ3n) is 4.69. The van der Waals surface area contributed by atoms with Crippen LogP contribution in [0.25, 0.3) is 0 Å². The number of rotatable bonds is 1. The van der Waals surface area contributed by atoms with Gasteiger partial charge in [-0.1, -0.05) is 26.0 Å². The monoisotopic (exact) mass is 308 g/mol. The van der Waals surface area contributed by atoms with Crippen LogP contribution in [0, 0.1) is 22.7 Å². The van der Waals surface area contributed by atoms with Crippen molar-refractivity contribution in [1.29, 1.82) is 5.26 Å². The Labute approximate surface area is 136 Å². The zero-order valence-corrected chi connectivity index (χ0v) is 13.6. The molecule has 3 rings (SSSR count). The molecule has 0 amide bonds. The van der Waals surface area contributed by atoms with E-state index in [0.29, 0.717) is 12.0 Å². The van der Waals surface area contributed by atoms with Crippen molar-refractivity contribution < 1.29 is 9.90 Å². The number of ketones is 1. The Bertz CT molecular complexity index is 764. The van der Waals surface area contributed by atoms with Crippen LogP contribution in [0.4, 0.5) is 0 Å². The molecule has 0 aromatic heterocycles. The number of nitrogens with zero attached hydrogens (tertiary/aromatic N) is 2. The van der Waals surface area contributed by atoms with Crippen molar-refractivity contribution >= 4 is 11.5 Å². The van der Waals surface area contributed by atoms with Crippen LogP contribution in [-0.4, -0.2) is 16.6 Å². The lowest BCUT2D eigenvalue weighted by Gasteiger charge is -2.37. The highest BCUT2D eigenvalue weighted by Gasteiger charge is 2.42. The lowest BCUT2D eigenvalue weighted by molar-refractivity contribution is -0.118. The first kappa shape index (κ1) is 15.5. The van der Waals surface area contributed by atoms with Crippen molar-refractivity contribution in [2.45, 2.75) is 39.5 Å². The molecule has 23 heavy (non-hydrogen) atoms. The van der Waals surface area contributed by atoms with Gasteiger partial charge in [0.1, 0.15) is 5.75 Å². The molecule has 1 aromatic rings. The standard InChI is InChI=1S/C19H20N2O2/c1-11-14(10-20)17(12-4-6-13(22)7-5-12)18-15(21-11)8-19(2,3)9-16(18)23/h4-7,14,17,22H,8-9H2,1-3H3/t14?,17-/m0/s1. The van der Waals surface area contributed by atoms with E-state index in [1.54, 1.807) is 24.3 Å². The predicted molar refractivity (Wildman–Crippen MR) is 88.1 cm³/mol. The van der Waals surface area contributed by atoms with E-state index in [1.807, 2.05) is 6.92 Å². The van der Waals surface area contributed by atoms with Gasteiger partial charge in [0.25, 0.3) is 0 Å². The van der Waals surface area contributed by atoms with E-state index in [2.05, 4.69) is 24.9 Å². The summed E-state index contributed by atoms with van der Waals surface area (Å²) < 4.78 is 0. The maximum atomic E-state index is 12.8. The van der Waals surface area contributed by atoms with Crippen LogP contribution < -0.4 is 0 Å². The van der Waals surface area contributed by atoms with Gasteiger partial charge in [-0.15, -0.1) is 0 Å². The number of allylic oxidation sites excluding steroid dienone is 2. The highest BCUT2D eigenvalue weighted by atomic mass is 16.3. The fraction of sp³-hybridized carbons (Fsp3) is 0.421. The van der Waals surface area contributed by atoms with Gasteiger partial charge in [-0.25, -0.2) is 0 Å². The van der Waals surface area contributed by atoms with Gasteiger partial charge >= 0.3 is 0 Å². The van der Waals surface area contributed by atoms with Crippen LogP contribution in [0.5, 0.6) is 5.75 Å². The number of hydrogen-bond donors (Lipinski definition) is 1. The number of phenolic OH excluding ortho intramolecular Hbond substituents is 1. The van der Waals surface area contributed by atoms with E-state index in [-0.39, 0.29) is 22.9 Å². The minimum Gasteiger partial charge on any atom is -0.508 e. The van der Waals surface area contributed by atoms with Crippen molar-refractivity contribution in [2.75, 3.05) is 0 Å². The van der Waals surface area contributed by atoms with Gasteiger partial charge in [-0.2, -0.15) is 5.26 Å².